The second-order valence-electron chi connectivity index (χ2n) is 8.34. The predicted octanol–water partition coefficient (Wildman–Crippen LogP) is 2.72. The number of amides is 2. The summed E-state index contributed by atoms with van der Waals surface area (Å²) in [5, 5.41) is 4.84. The number of anilines is 1. The fraction of sp³-hybridized carbons (Fsp3) is 0.409. The SMILES string of the molecule is CN(C)C(=O)c1cc(N2CC[C@@H](C(=O)N3N=CC[C@@H]3c3cc(F)cc(F)c3F)[C@@H](F)C2)ncn1. The molecule has 180 valence electrons. The van der Waals surface area contributed by atoms with Crippen molar-refractivity contribution < 1.29 is 27.2 Å². The minimum Gasteiger partial charge on any atom is -0.354 e. The number of alkyl halides is 1. The van der Waals surface area contributed by atoms with Crippen molar-refractivity contribution in [2.24, 2.45) is 11.0 Å². The van der Waals surface area contributed by atoms with Crippen LogP contribution < -0.4 is 4.90 Å². The Balaban J connectivity index is 1.49. The van der Waals surface area contributed by atoms with E-state index >= 15 is 4.39 Å². The third-order valence-corrected chi connectivity index (χ3v) is 5.90. The van der Waals surface area contributed by atoms with Crippen LogP contribution in [0.4, 0.5) is 23.4 Å². The molecule has 2 aliphatic heterocycles. The average molecular weight is 478 g/mol. The first kappa shape index (κ1) is 23.6. The summed E-state index contributed by atoms with van der Waals surface area (Å²) >= 11 is 0. The molecule has 0 N–H and O–H groups in total. The molecule has 0 aliphatic carbocycles. The maximum atomic E-state index is 15.2. The molecule has 3 atom stereocenters. The van der Waals surface area contributed by atoms with Crippen molar-refractivity contribution in [3.63, 3.8) is 0 Å². The summed E-state index contributed by atoms with van der Waals surface area (Å²) in [7, 11) is 3.16. The van der Waals surface area contributed by atoms with Gasteiger partial charge < -0.3 is 9.80 Å². The molecule has 8 nitrogen and oxygen atoms in total. The Kier molecular flexibility index (Phi) is 6.49. The van der Waals surface area contributed by atoms with Gasteiger partial charge in [-0.15, -0.1) is 0 Å². The lowest BCUT2D eigenvalue weighted by Crippen LogP contribution is -2.48. The molecule has 0 saturated carbocycles. The molecule has 2 aliphatic rings. The molecule has 1 aromatic heterocycles. The molecule has 0 bridgehead atoms. The number of halogens is 4. The Morgan fingerprint density at radius 3 is 2.59 bits per heavy atom. The molecule has 2 aromatic rings. The van der Waals surface area contributed by atoms with Gasteiger partial charge in [0.05, 0.1) is 18.5 Å². The number of hydrazone groups is 1. The number of benzene rings is 1. The Morgan fingerprint density at radius 1 is 1.12 bits per heavy atom. The van der Waals surface area contributed by atoms with Gasteiger partial charge in [-0.1, -0.05) is 0 Å². The molecule has 3 heterocycles. The maximum absolute atomic E-state index is 15.2. The van der Waals surface area contributed by atoms with Gasteiger partial charge in [-0.3, -0.25) is 9.59 Å². The molecule has 1 saturated heterocycles. The first-order chi connectivity index (χ1) is 16.2. The fourth-order valence-corrected chi connectivity index (χ4v) is 4.13. The van der Waals surface area contributed by atoms with Gasteiger partial charge in [-0.05, 0) is 12.5 Å². The highest BCUT2D eigenvalue weighted by Crippen LogP contribution is 2.35. The van der Waals surface area contributed by atoms with Crippen molar-refractivity contribution in [2.75, 3.05) is 32.1 Å². The summed E-state index contributed by atoms with van der Waals surface area (Å²) in [5.41, 5.74) is -0.197. The average Bonchev–Trinajstić information content (AvgIpc) is 3.30. The maximum Gasteiger partial charge on any atom is 0.272 e. The number of carbonyl (C=O) groups is 2. The smallest absolute Gasteiger partial charge is 0.272 e. The number of aromatic nitrogens is 2. The second kappa shape index (κ2) is 9.35. The Hall–Kier alpha value is -3.57. The van der Waals surface area contributed by atoms with Crippen LogP contribution in [-0.2, 0) is 4.79 Å². The first-order valence-electron chi connectivity index (χ1n) is 10.6. The van der Waals surface area contributed by atoms with Crippen molar-refractivity contribution in [1.29, 1.82) is 0 Å². The van der Waals surface area contributed by atoms with E-state index in [2.05, 4.69) is 15.1 Å². The highest BCUT2D eigenvalue weighted by Gasteiger charge is 2.41. The van der Waals surface area contributed by atoms with Crippen LogP contribution in [-0.4, -0.2) is 71.3 Å². The fourth-order valence-electron chi connectivity index (χ4n) is 4.13. The van der Waals surface area contributed by atoms with Crippen LogP contribution in [0.15, 0.2) is 29.6 Å². The second-order valence-corrected chi connectivity index (χ2v) is 8.34. The van der Waals surface area contributed by atoms with Gasteiger partial charge in [0.2, 0.25) is 5.91 Å². The number of piperidine rings is 1. The zero-order valence-corrected chi connectivity index (χ0v) is 18.5. The lowest BCUT2D eigenvalue weighted by molar-refractivity contribution is -0.140. The summed E-state index contributed by atoms with van der Waals surface area (Å²) in [4.78, 5) is 36.3. The number of hydrogen-bond acceptors (Lipinski definition) is 6. The van der Waals surface area contributed by atoms with Crippen LogP contribution in [0.5, 0.6) is 0 Å². The van der Waals surface area contributed by atoms with Crippen LogP contribution in [0.3, 0.4) is 0 Å². The number of rotatable bonds is 4. The highest BCUT2D eigenvalue weighted by molar-refractivity contribution is 5.92. The number of hydrogen-bond donors (Lipinski definition) is 0. The minimum atomic E-state index is -1.62. The predicted molar refractivity (Wildman–Crippen MR) is 114 cm³/mol. The summed E-state index contributed by atoms with van der Waals surface area (Å²) in [5.74, 6) is -5.38. The largest absolute Gasteiger partial charge is 0.354 e. The molecule has 0 radical (unpaired) electrons. The van der Waals surface area contributed by atoms with E-state index in [0.29, 0.717) is 11.9 Å². The molecule has 4 rings (SSSR count). The van der Waals surface area contributed by atoms with E-state index in [4.69, 9.17) is 0 Å². The molecular weight excluding hydrogens is 456 g/mol. The van der Waals surface area contributed by atoms with Crippen LogP contribution in [0.1, 0.15) is 34.9 Å². The van der Waals surface area contributed by atoms with E-state index in [1.165, 1.54) is 23.5 Å². The van der Waals surface area contributed by atoms with Crippen molar-refractivity contribution in [1.82, 2.24) is 19.9 Å². The topological polar surface area (TPSA) is 82.0 Å². The molecule has 2 amide bonds. The van der Waals surface area contributed by atoms with Crippen LogP contribution in [0.2, 0.25) is 0 Å². The summed E-state index contributed by atoms with van der Waals surface area (Å²) < 4.78 is 56.9. The Labute approximate surface area is 192 Å². The molecule has 12 heteroatoms. The van der Waals surface area contributed by atoms with E-state index in [0.717, 1.165) is 11.1 Å². The Bertz CT molecular complexity index is 1140. The van der Waals surface area contributed by atoms with E-state index in [1.807, 2.05) is 0 Å². The standard InChI is InChI=1S/C22H22F4N6O2/c1-30(2)22(34)17-9-19(28-11-27-17)31-6-4-13(16(25)10-31)21(33)32-18(3-5-29-32)14-7-12(23)8-15(24)20(14)26/h5,7-9,11,13,16,18H,3-4,6,10H2,1-2H3/t13-,16+,18-/m1/s1. The van der Waals surface area contributed by atoms with Crippen molar-refractivity contribution >= 4 is 23.8 Å². The normalized spacial score (nSPS) is 22.2. The molecule has 1 fully saturated rings. The van der Waals surface area contributed by atoms with E-state index in [1.54, 1.807) is 19.0 Å². The summed E-state index contributed by atoms with van der Waals surface area (Å²) in [6.07, 6.45) is 1.07. The monoisotopic (exact) mass is 478 g/mol. The Morgan fingerprint density at radius 2 is 1.88 bits per heavy atom. The zero-order chi connectivity index (χ0) is 24.6. The van der Waals surface area contributed by atoms with Gasteiger partial charge in [0, 0.05) is 51.0 Å². The van der Waals surface area contributed by atoms with E-state index < -0.39 is 41.5 Å². The van der Waals surface area contributed by atoms with Gasteiger partial charge in [0.15, 0.2) is 11.6 Å². The van der Waals surface area contributed by atoms with Gasteiger partial charge in [0.25, 0.3) is 5.91 Å². The molecule has 1 aromatic carbocycles. The van der Waals surface area contributed by atoms with Crippen molar-refractivity contribution in [3.05, 3.63) is 53.2 Å². The van der Waals surface area contributed by atoms with Gasteiger partial charge in [-0.2, -0.15) is 5.10 Å². The number of carbonyl (C=O) groups excluding carboxylic acids is 2. The van der Waals surface area contributed by atoms with Crippen LogP contribution in [0.25, 0.3) is 0 Å². The van der Waals surface area contributed by atoms with Crippen LogP contribution >= 0.6 is 0 Å². The van der Waals surface area contributed by atoms with Crippen molar-refractivity contribution in [2.45, 2.75) is 25.1 Å². The quantitative estimate of drug-likeness (QED) is 0.499. The lowest BCUT2D eigenvalue weighted by Gasteiger charge is -2.36. The van der Waals surface area contributed by atoms with Gasteiger partial charge in [0.1, 0.15) is 29.8 Å². The summed E-state index contributed by atoms with van der Waals surface area (Å²) in [6, 6.07) is 1.62. The third kappa shape index (κ3) is 4.44. The van der Waals surface area contributed by atoms with Gasteiger partial charge in [-0.25, -0.2) is 32.5 Å². The third-order valence-electron chi connectivity index (χ3n) is 5.90. The molecule has 0 unspecified atom stereocenters. The van der Waals surface area contributed by atoms with Gasteiger partial charge >= 0.3 is 0 Å². The highest BCUT2D eigenvalue weighted by atomic mass is 19.2. The van der Waals surface area contributed by atoms with Crippen LogP contribution in [0, 0.1) is 23.4 Å². The number of nitrogens with zero attached hydrogens (tertiary/aromatic N) is 6. The lowest BCUT2D eigenvalue weighted by atomic mass is 9.92. The molecular formula is C22H22F4N6O2. The summed E-state index contributed by atoms with van der Waals surface area (Å²) in [6.45, 7) is 0.0861. The van der Waals surface area contributed by atoms with E-state index in [9.17, 15) is 22.8 Å². The first-order valence-corrected chi connectivity index (χ1v) is 10.6. The molecule has 0 spiro atoms. The molecule has 34 heavy (non-hydrogen) atoms. The van der Waals surface area contributed by atoms with E-state index in [-0.39, 0.29) is 43.1 Å². The minimum absolute atomic E-state index is 0.0466. The van der Waals surface area contributed by atoms with Crippen molar-refractivity contribution in [3.8, 4) is 0 Å². The zero-order valence-electron chi connectivity index (χ0n) is 18.5.